The molecule has 3 aromatic carbocycles. The second-order valence-electron chi connectivity index (χ2n) is 17.3. The van der Waals surface area contributed by atoms with Crippen molar-refractivity contribution in [2.24, 2.45) is 18.9 Å². The molecule has 8 N–H and O–H groups in total. The second kappa shape index (κ2) is 16.4. The predicted molar refractivity (Wildman–Crippen MR) is 235 cm³/mol. The molecule has 17 heteroatoms. The molecule has 1 aromatic heterocycles. The number of phenolic OH excluding ortho intramolecular Hbond substituents is 1. The summed E-state index contributed by atoms with van der Waals surface area (Å²) in [5.41, 5.74) is 2.90. The van der Waals surface area contributed by atoms with Gasteiger partial charge in [0, 0.05) is 80.6 Å². The number of rotatable bonds is 12. The molecule has 6 amide bonds. The zero-order valence-corrected chi connectivity index (χ0v) is 35.8. The van der Waals surface area contributed by atoms with E-state index in [1.807, 2.05) is 0 Å². The smallest absolute Gasteiger partial charge is 0.444 e. The van der Waals surface area contributed by atoms with E-state index in [9.17, 15) is 33.4 Å². The lowest BCUT2D eigenvalue weighted by Gasteiger charge is -2.59. The van der Waals surface area contributed by atoms with Gasteiger partial charge in [-0.05, 0) is 85.9 Å². The van der Waals surface area contributed by atoms with E-state index in [2.05, 4.69) is 32.1 Å². The Bertz CT molecular complexity index is 2730. The van der Waals surface area contributed by atoms with Crippen molar-refractivity contribution < 1.29 is 42.8 Å². The van der Waals surface area contributed by atoms with Crippen LogP contribution < -0.4 is 32.1 Å². The number of hydrazine groups is 1. The van der Waals surface area contributed by atoms with Gasteiger partial charge in [-0.25, -0.2) is 28.8 Å². The number of hydrogen-bond acceptors (Lipinski definition) is 8. The van der Waals surface area contributed by atoms with Gasteiger partial charge in [-0.1, -0.05) is 42.5 Å². The number of aromatic nitrogens is 1. The van der Waals surface area contributed by atoms with Crippen LogP contribution in [0.15, 0.2) is 133 Å². The summed E-state index contributed by atoms with van der Waals surface area (Å²) in [7, 11) is 1.72. The van der Waals surface area contributed by atoms with E-state index in [0.29, 0.717) is 42.6 Å². The minimum atomic E-state index is -2.10. The average molecular weight is 887 g/mol. The van der Waals surface area contributed by atoms with E-state index in [1.165, 1.54) is 60.5 Å². The lowest BCUT2D eigenvalue weighted by molar-refractivity contribution is -0.984. The highest BCUT2D eigenvalue weighted by Crippen LogP contribution is 2.63. The number of nitrogens with one attached hydrogen (secondary N) is 6. The van der Waals surface area contributed by atoms with E-state index in [0.717, 1.165) is 0 Å². The number of carbonyl (C=O) groups excluding carboxylic acids is 4. The molecular weight excluding hydrogens is 837 g/mol. The van der Waals surface area contributed by atoms with Crippen LogP contribution >= 0.6 is 0 Å². The number of hydrogen-bond donors (Lipinski definition) is 8. The van der Waals surface area contributed by atoms with Crippen LogP contribution in [-0.4, -0.2) is 59.3 Å². The first-order valence-corrected chi connectivity index (χ1v) is 21.6. The van der Waals surface area contributed by atoms with E-state index in [1.54, 1.807) is 84.7 Å². The minimum Gasteiger partial charge on any atom is -0.510 e. The third-order valence-electron chi connectivity index (χ3n) is 13.2. The summed E-state index contributed by atoms with van der Waals surface area (Å²) >= 11 is 0. The first-order chi connectivity index (χ1) is 31.2. The predicted octanol–water partition coefficient (Wildman–Crippen LogP) is 6.62. The number of quaternary nitrogens is 1. The van der Waals surface area contributed by atoms with Crippen LogP contribution in [0.4, 0.5) is 24.1 Å². The maximum absolute atomic E-state index is 16.2. The van der Waals surface area contributed by atoms with Gasteiger partial charge in [-0.2, -0.15) is 5.43 Å². The Morgan fingerprint density at radius 2 is 1.72 bits per heavy atom. The second-order valence-corrected chi connectivity index (χ2v) is 17.3. The summed E-state index contributed by atoms with van der Waals surface area (Å²) in [6, 6.07) is 18.1. The lowest BCUT2D eigenvalue weighted by Crippen LogP contribution is -2.89. The van der Waals surface area contributed by atoms with Gasteiger partial charge in [-0.3, -0.25) is 14.9 Å². The van der Waals surface area contributed by atoms with Gasteiger partial charge in [0.2, 0.25) is 5.91 Å². The number of aryl methyl sites for hydroxylation is 1. The van der Waals surface area contributed by atoms with Crippen LogP contribution in [0.2, 0.25) is 0 Å². The standard InChI is InChI=1S/C48H49F2N9O6/c1-30(60)55-46(21-6-5-14-42(46)62)47(34-17-18-34)22-23-53-59(47,45(65)52-28-31-9-7-11-35(49)25-31)48(37-26-36(19-20-41(37)61)54-43(63)39-13-8-24-57(39)2)27-40(32-15-16-32)58(56-48)44(64)51-29-33-10-3-4-12-38(33)50/h3-14,19-20,22-27,32,34,53,56H,15-18,21,28-29H2,1-2H3,(H5-,51,52,54,55,60,61,62,63,64,65)/p+1. The lowest BCUT2D eigenvalue weighted by atomic mass is 9.65. The van der Waals surface area contributed by atoms with Crippen LogP contribution in [0.25, 0.3) is 0 Å². The zero-order valence-electron chi connectivity index (χ0n) is 35.8. The summed E-state index contributed by atoms with van der Waals surface area (Å²) < 4.78 is 30.2. The van der Waals surface area contributed by atoms with Gasteiger partial charge in [0.15, 0.2) is 11.1 Å². The molecule has 0 bridgehead atoms. The van der Waals surface area contributed by atoms with Crippen molar-refractivity contribution in [3.8, 4) is 5.75 Å². The summed E-state index contributed by atoms with van der Waals surface area (Å²) in [5.74, 6) is -3.29. The third kappa shape index (κ3) is 7.11. The maximum atomic E-state index is 16.2. The molecule has 2 saturated carbocycles. The van der Waals surface area contributed by atoms with Gasteiger partial charge in [0.25, 0.3) is 11.6 Å². The summed E-state index contributed by atoms with van der Waals surface area (Å²) in [5, 5.41) is 37.8. The first-order valence-electron chi connectivity index (χ1n) is 21.6. The number of phenols is 1. The van der Waals surface area contributed by atoms with Crippen LogP contribution in [0.3, 0.4) is 0 Å². The highest BCUT2D eigenvalue weighted by molar-refractivity contribution is 6.03. The Morgan fingerprint density at radius 1 is 0.923 bits per heavy atom. The minimum absolute atomic E-state index is 0.00940. The number of carbonyl (C=O) groups is 4. The van der Waals surface area contributed by atoms with Gasteiger partial charge in [0.05, 0.1) is 11.8 Å². The maximum Gasteiger partial charge on any atom is 0.444 e. The number of urea groups is 2. The SMILES string of the molecule is CC(=O)NC1(C2(C3CC3)C=CN[N+]2(C(=O)NCc2cccc(F)c2)C2(c3cc(NC(=O)c4cccn4C)ccc3O)C=C(C3CC3)N(C(=O)NCc3ccccc3F)N2)CC=CC=C1O. The molecule has 2 fully saturated rings. The number of halogens is 2. The molecule has 15 nitrogen and oxygen atoms in total. The molecule has 4 aromatic rings. The number of aromatic hydroxyl groups is 1. The number of aliphatic hydroxyl groups is 1. The van der Waals surface area contributed by atoms with E-state index < -0.39 is 62.8 Å². The summed E-state index contributed by atoms with van der Waals surface area (Å²) in [4.78, 5) is 58.3. The monoisotopic (exact) mass is 886 g/mol. The van der Waals surface area contributed by atoms with Crippen molar-refractivity contribution in [1.29, 1.82) is 0 Å². The molecule has 0 saturated heterocycles. The topological polar surface area (TPSA) is 189 Å². The first kappa shape index (κ1) is 43.0. The molecular formula is C48H50F2N9O6+. The number of nitrogens with zero attached hydrogens (tertiary/aromatic N) is 3. The molecule has 65 heavy (non-hydrogen) atoms. The molecule has 0 spiro atoms. The van der Waals surface area contributed by atoms with Gasteiger partial charge in [-0.15, -0.1) is 4.59 Å². The molecule has 4 unspecified atom stereocenters. The Morgan fingerprint density at radius 3 is 2.42 bits per heavy atom. The molecule has 9 rings (SSSR count). The fourth-order valence-corrected chi connectivity index (χ4v) is 10.1. The summed E-state index contributed by atoms with van der Waals surface area (Å²) in [6.07, 6.45) is 14.1. The molecule has 3 heterocycles. The molecule has 0 radical (unpaired) electrons. The van der Waals surface area contributed by atoms with E-state index in [-0.39, 0.29) is 53.8 Å². The van der Waals surface area contributed by atoms with Crippen LogP contribution in [0, 0.1) is 23.5 Å². The average Bonchev–Trinajstić information content (AvgIpc) is 4.20. The normalized spacial score (nSPS) is 25.6. The van der Waals surface area contributed by atoms with E-state index >= 15 is 4.79 Å². The molecule has 5 aliphatic rings. The van der Waals surface area contributed by atoms with Crippen molar-refractivity contribution in [3.63, 3.8) is 0 Å². The Kier molecular flexibility index (Phi) is 10.9. The Labute approximate surface area is 373 Å². The van der Waals surface area contributed by atoms with Crippen molar-refractivity contribution in [3.05, 3.63) is 167 Å². The highest BCUT2D eigenvalue weighted by atomic mass is 19.1. The van der Waals surface area contributed by atoms with Gasteiger partial charge < -0.3 is 30.7 Å². The van der Waals surface area contributed by atoms with Crippen LogP contribution in [0.5, 0.6) is 5.75 Å². The van der Waals surface area contributed by atoms with Crippen LogP contribution in [-0.2, 0) is 30.6 Å². The summed E-state index contributed by atoms with van der Waals surface area (Å²) in [6.45, 7) is 0.936. The molecule has 2 aliphatic heterocycles. The third-order valence-corrected chi connectivity index (χ3v) is 13.2. The Balaban J connectivity index is 1.30. The van der Waals surface area contributed by atoms with Crippen molar-refractivity contribution in [1.82, 2.24) is 36.4 Å². The number of aliphatic hydroxyl groups excluding tert-OH is 1. The van der Waals surface area contributed by atoms with Crippen molar-refractivity contribution in [2.45, 2.75) is 68.9 Å². The fraction of sp³-hybridized carbons (Fsp3) is 0.292. The number of anilines is 1. The largest absolute Gasteiger partial charge is 0.510 e. The highest BCUT2D eigenvalue weighted by Gasteiger charge is 2.82. The molecule has 336 valence electrons. The molecule has 4 atom stereocenters. The number of amides is 6. The quantitative estimate of drug-likeness (QED) is 0.0576. The number of benzene rings is 3. The Hall–Kier alpha value is -7.24. The van der Waals surface area contributed by atoms with Crippen molar-refractivity contribution in [2.75, 3.05) is 5.32 Å². The van der Waals surface area contributed by atoms with E-state index in [4.69, 9.17) is 0 Å². The van der Waals surface area contributed by atoms with Gasteiger partial charge in [0.1, 0.15) is 28.8 Å². The van der Waals surface area contributed by atoms with Crippen molar-refractivity contribution >= 4 is 29.6 Å². The van der Waals surface area contributed by atoms with Gasteiger partial charge >= 0.3 is 12.1 Å². The fourth-order valence-electron chi connectivity index (χ4n) is 10.1. The molecule has 3 aliphatic carbocycles. The number of allylic oxidation sites excluding steroid dienone is 3. The van der Waals surface area contributed by atoms with Crippen LogP contribution in [0.1, 0.15) is 66.2 Å². The zero-order chi connectivity index (χ0) is 45.7.